The zero-order chi connectivity index (χ0) is 13.3. The van der Waals surface area contributed by atoms with E-state index in [1.165, 1.54) is 24.3 Å². The summed E-state index contributed by atoms with van der Waals surface area (Å²) in [5.74, 6) is -8.23. The standard InChI is InChI=1S/C13H8F4O/c14-10-7-6-9(11(15)12(10)16)13(17,18)8-4-2-1-3-5-8/h1-7,18H. The molecule has 1 unspecified atom stereocenters. The van der Waals surface area contributed by atoms with Crippen molar-refractivity contribution in [1.29, 1.82) is 0 Å². The van der Waals surface area contributed by atoms with Crippen LogP contribution in [0.4, 0.5) is 17.6 Å². The molecule has 0 saturated heterocycles. The quantitative estimate of drug-likeness (QED) is 0.646. The maximum Gasteiger partial charge on any atom is 0.262 e. The number of rotatable bonds is 2. The molecule has 1 N–H and O–H groups in total. The van der Waals surface area contributed by atoms with Crippen molar-refractivity contribution in [3.05, 3.63) is 71.0 Å². The molecule has 2 rings (SSSR count). The lowest BCUT2D eigenvalue weighted by molar-refractivity contribution is -0.0579. The molecule has 0 aliphatic heterocycles. The van der Waals surface area contributed by atoms with Crippen molar-refractivity contribution < 1.29 is 22.7 Å². The van der Waals surface area contributed by atoms with E-state index in [4.69, 9.17) is 0 Å². The molecule has 18 heavy (non-hydrogen) atoms. The van der Waals surface area contributed by atoms with Gasteiger partial charge in [0.1, 0.15) is 0 Å². The predicted octanol–water partition coefficient (Wildman–Crippen LogP) is 3.27. The molecule has 5 heteroatoms. The molecular formula is C13H8F4O. The van der Waals surface area contributed by atoms with E-state index in [1.807, 2.05) is 0 Å². The SMILES string of the molecule is OC(F)(c1ccccc1)c1ccc(F)c(F)c1F. The number of aliphatic hydroxyl groups is 1. The molecule has 0 saturated carbocycles. The lowest BCUT2D eigenvalue weighted by atomic mass is 9.98. The van der Waals surface area contributed by atoms with Crippen molar-refractivity contribution >= 4 is 0 Å². The molecule has 0 bridgehead atoms. The van der Waals surface area contributed by atoms with E-state index in [9.17, 15) is 22.7 Å². The van der Waals surface area contributed by atoms with Gasteiger partial charge in [-0.05, 0) is 12.1 Å². The number of alkyl halides is 1. The highest BCUT2D eigenvalue weighted by Crippen LogP contribution is 2.33. The molecule has 0 aliphatic carbocycles. The number of hydrogen-bond donors (Lipinski definition) is 1. The zero-order valence-corrected chi connectivity index (χ0v) is 9.00. The van der Waals surface area contributed by atoms with Gasteiger partial charge in [0, 0.05) is 5.56 Å². The van der Waals surface area contributed by atoms with Gasteiger partial charge in [-0.15, -0.1) is 0 Å². The Morgan fingerprint density at radius 2 is 1.44 bits per heavy atom. The molecule has 0 heterocycles. The van der Waals surface area contributed by atoms with Gasteiger partial charge >= 0.3 is 0 Å². The van der Waals surface area contributed by atoms with Crippen LogP contribution in [0.15, 0.2) is 42.5 Å². The van der Waals surface area contributed by atoms with Crippen LogP contribution >= 0.6 is 0 Å². The second-order valence-electron chi connectivity index (χ2n) is 3.71. The van der Waals surface area contributed by atoms with Gasteiger partial charge in [-0.2, -0.15) is 0 Å². The van der Waals surface area contributed by atoms with E-state index in [-0.39, 0.29) is 5.56 Å². The summed E-state index contributed by atoms with van der Waals surface area (Å²) in [6.07, 6.45) is 0. The highest BCUT2D eigenvalue weighted by atomic mass is 19.2. The Bertz CT molecular complexity index is 567. The van der Waals surface area contributed by atoms with E-state index in [0.29, 0.717) is 12.1 Å². The van der Waals surface area contributed by atoms with Crippen LogP contribution in [-0.2, 0) is 5.85 Å². The van der Waals surface area contributed by atoms with Crippen LogP contribution in [0.1, 0.15) is 11.1 Å². The average Bonchev–Trinajstić information content (AvgIpc) is 2.37. The molecule has 0 aromatic heterocycles. The lowest BCUT2D eigenvalue weighted by Gasteiger charge is -2.20. The smallest absolute Gasteiger partial charge is 0.262 e. The fourth-order valence-electron chi connectivity index (χ4n) is 1.60. The molecule has 2 aromatic carbocycles. The van der Waals surface area contributed by atoms with Gasteiger partial charge in [-0.1, -0.05) is 30.3 Å². The Hall–Kier alpha value is -1.88. The van der Waals surface area contributed by atoms with Gasteiger partial charge < -0.3 is 5.11 Å². The molecule has 94 valence electrons. The Morgan fingerprint density at radius 1 is 0.833 bits per heavy atom. The molecule has 0 aliphatic rings. The van der Waals surface area contributed by atoms with Crippen molar-refractivity contribution in [2.45, 2.75) is 5.85 Å². The average molecular weight is 256 g/mol. The third-order valence-electron chi connectivity index (χ3n) is 2.55. The minimum atomic E-state index is -3.22. The van der Waals surface area contributed by atoms with E-state index in [1.54, 1.807) is 6.07 Å². The van der Waals surface area contributed by atoms with Gasteiger partial charge in [0.2, 0.25) is 0 Å². The van der Waals surface area contributed by atoms with Crippen LogP contribution in [0.5, 0.6) is 0 Å². The predicted molar refractivity (Wildman–Crippen MR) is 56.9 cm³/mol. The summed E-state index contributed by atoms with van der Waals surface area (Å²) in [5, 5.41) is 9.66. The van der Waals surface area contributed by atoms with Crippen molar-refractivity contribution in [2.75, 3.05) is 0 Å². The minimum Gasteiger partial charge on any atom is -0.354 e. The maximum absolute atomic E-state index is 14.2. The van der Waals surface area contributed by atoms with Crippen molar-refractivity contribution in [3.8, 4) is 0 Å². The van der Waals surface area contributed by atoms with Gasteiger partial charge in [0.25, 0.3) is 5.85 Å². The van der Waals surface area contributed by atoms with Crippen LogP contribution in [0.2, 0.25) is 0 Å². The Labute approximate surface area is 100 Å². The van der Waals surface area contributed by atoms with Crippen molar-refractivity contribution in [3.63, 3.8) is 0 Å². The molecule has 1 atom stereocenters. The summed E-state index contributed by atoms with van der Waals surface area (Å²) in [6.45, 7) is 0. The first-order valence-electron chi connectivity index (χ1n) is 5.05. The largest absolute Gasteiger partial charge is 0.354 e. The second-order valence-corrected chi connectivity index (χ2v) is 3.71. The third kappa shape index (κ3) is 1.97. The van der Waals surface area contributed by atoms with Crippen LogP contribution in [-0.4, -0.2) is 5.11 Å². The Balaban J connectivity index is 2.58. The summed E-state index contributed by atoms with van der Waals surface area (Å²) < 4.78 is 53.3. The summed E-state index contributed by atoms with van der Waals surface area (Å²) in [5.41, 5.74) is -1.23. The summed E-state index contributed by atoms with van der Waals surface area (Å²) in [4.78, 5) is 0. The highest BCUT2D eigenvalue weighted by Gasteiger charge is 2.35. The highest BCUT2D eigenvalue weighted by molar-refractivity contribution is 5.34. The summed E-state index contributed by atoms with van der Waals surface area (Å²) in [7, 11) is 0. The second kappa shape index (κ2) is 4.42. The minimum absolute atomic E-state index is 0.269. The molecule has 2 aromatic rings. The van der Waals surface area contributed by atoms with Gasteiger partial charge in [0.15, 0.2) is 17.5 Å². The molecule has 0 fully saturated rings. The van der Waals surface area contributed by atoms with E-state index in [0.717, 1.165) is 0 Å². The maximum atomic E-state index is 14.2. The van der Waals surface area contributed by atoms with Gasteiger partial charge in [0.05, 0.1) is 5.56 Å². The lowest BCUT2D eigenvalue weighted by Crippen LogP contribution is -2.23. The normalized spacial score (nSPS) is 14.3. The molecule has 0 radical (unpaired) electrons. The van der Waals surface area contributed by atoms with Gasteiger partial charge in [-0.25, -0.2) is 17.6 Å². The van der Waals surface area contributed by atoms with Crippen LogP contribution in [0.3, 0.4) is 0 Å². The molecule has 0 spiro atoms. The fraction of sp³-hybridized carbons (Fsp3) is 0.0769. The number of benzene rings is 2. The topological polar surface area (TPSA) is 20.2 Å². The monoisotopic (exact) mass is 256 g/mol. The first-order chi connectivity index (χ1) is 8.44. The number of halogens is 4. The molecule has 1 nitrogen and oxygen atoms in total. The summed E-state index contributed by atoms with van der Waals surface area (Å²) >= 11 is 0. The van der Waals surface area contributed by atoms with E-state index < -0.39 is 28.9 Å². The van der Waals surface area contributed by atoms with Crippen LogP contribution in [0.25, 0.3) is 0 Å². The number of hydrogen-bond acceptors (Lipinski definition) is 1. The van der Waals surface area contributed by atoms with Crippen molar-refractivity contribution in [1.82, 2.24) is 0 Å². The third-order valence-corrected chi connectivity index (χ3v) is 2.55. The van der Waals surface area contributed by atoms with Crippen LogP contribution < -0.4 is 0 Å². The fourth-order valence-corrected chi connectivity index (χ4v) is 1.60. The molecular weight excluding hydrogens is 248 g/mol. The first-order valence-corrected chi connectivity index (χ1v) is 5.05. The van der Waals surface area contributed by atoms with Crippen molar-refractivity contribution in [2.24, 2.45) is 0 Å². The zero-order valence-electron chi connectivity index (χ0n) is 9.00. The van der Waals surface area contributed by atoms with E-state index >= 15 is 0 Å². The Morgan fingerprint density at radius 3 is 2.06 bits per heavy atom. The summed E-state index contributed by atoms with van der Waals surface area (Å²) in [6, 6.07) is 8.07. The van der Waals surface area contributed by atoms with E-state index in [2.05, 4.69) is 0 Å². The van der Waals surface area contributed by atoms with Crippen LogP contribution in [0, 0.1) is 17.5 Å². The first kappa shape index (κ1) is 12.6. The Kier molecular flexibility index (Phi) is 3.09. The van der Waals surface area contributed by atoms with Gasteiger partial charge in [-0.3, -0.25) is 0 Å². The molecule has 0 amide bonds.